The summed E-state index contributed by atoms with van der Waals surface area (Å²) in [5.41, 5.74) is 1.57. The van der Waals surface area contributed by atoms with Crippen molar-refractivity contribution in [3.05, 3.63) is 60.4 Å². The Morgan fingerprint density at radius 1 is 1.08 bits per heavy atom. The van der Waals surface area contributed by atoms with Crippen LogP contribution in [0.5, 0.6) is 0 Å². The summed E-state index contributed by atoms with van der Waals surface area (Å²) in [6.07, 6.45) is -1.45. The molecular formula is C17H13F3N4OS. The van der Waals surface area contributed by atoms with E-state index in [0.29, 0.717) is 23.2 Å². The first-order chi connectivity index (χ1) is 12.4. The molecule has 2 aromatic rings. The highest BCUT2D eigenvalue weighted by Gasteiger charge is 2.46. The first-order valence-corrected chi connectivity index (χ1v) is 8.44. The van der Waals surface area contributed by atoms with Crippen LogP contribution in [0.4, 0.5) is 18.9 Å². The van der Waals surface area contributed by atoms with Crippen LogP contribution in [-0.4, -0.2) is 33.1 Å². The average molecular weight is 378 g/mol. The average Bonchev–Trinajstić information content (AvgIpc) is 3.09. The lowest BCUT2D eigenvalue weighted by Gasteiger charge is -2.19. The number of hydrogen-bond acceptors (Lipinski definition) is 5. The highest BCUT2D eigenvalue weighted by atomic mass is 32.2. The van der Waals surface area contributed by atoms with Gasteiger partial charge in [0.1, 0.15) is 5.04 Å². The SMILES string of the molecule is O=C(Nc1ccccc1)C(SC1=NN=C(c2ccncc2)C1)C(F)(F)F. The zero-order valence-electron chi connectivity index (χ0n) is 13.3. The molecule has 0 radical (unpaired) electrons. The van der Waals surface area contributed by atoms with Crippen LogP contribution in [0.3, 0.4) is 0 Å². The lowest BCUT2D eigenvalue weighted by Crippen LogP contribution is -2.38. The number of carbonyl (C=O) groups excluding carboxylic acids is 1. The van der Waals surface area contributed by atoms with Gasteiger partial charge in [-0.3, -0.25) is 9.78 Å². The Balaban J connectivity index is 1.68. The lowest BCUT2D eigenvalue weighted by molar-refractivity contribution is -0.146. The summed E-state index contributed by atoms with van der Waals surface area (Å²) in [4.78, 5) is 16.0. The van der Waals surface area contributed by atoms with Gasteiger partial charge >= 0.3 is 6.18 Å². The quantitative estimate of drug-likeness (QED) is 0.878. The van der Waals surface area contributed by atoms with Crippen LogP contribution in [0, 0.1) is 0 Å². The molecule has 3 rings (SSSR count). The maximum absolute atomic E-state index is 13.4. The standard InChI is InChI=1S/C17H13F3N4OS/c18-17(19,20)15(16(25)22-12-4-2-1-3-5-12)26-14-10-13(23-24-14)11-6-8-21-9-7-11/h1-9,15H,10H2,(H,22,25). The molecule has 0 bridgehead atoms. The van der Waals surface area contributed by atoms with Crippen molar-refractivity contribution in [1.82, 2.24) is 4.98 Å². The molecular weight excluding hydrogens is 365 g/mol. The fourth-order valence-corrected chi connectivity index (χ4v) is 3.11. The maximum Gasteiger partial charge on any atom is 0.409 e. The smallest absolute Gasteiger partial charge is 0.325 e. The number of thioether (sulfide) groups is 1. The minimum atomic E-state index is -4.72. The molecule has 1 aliphatic rings. The number of para-hydroxylation sites is 1. The molecule has 0 saturated heterocycles. The van der Waals surface area contributed by atoms with Crippen LogP contribution in [0.1, 0.15) is 12.0 Å². The number of hydrogen-bond donors (Lipinski definition) is 1. The number of pyridine rings is 1. The number of anilines is 1. The van der Waals surface area contributed by atoms with Gasteiger partial charge in [0.05, 0.1) is 5.71 Å². The number of nitrogens with one attached hydrogen (secondary N) is 1. The van der Waals surface area contributed by atoms with Crippen molar-refractivity contribution in [2.24, 2.45) is 10.2 Å². The maximum atomic E-state index is 13.4. The Hall–Kier alpha value is -2.68. The summed E-state index contributed by atoms with van der Waals surface area (Å²) in [5.74, 6) is -1.14. The Morgan fingerprint density at radius 2 is 1.77 bits per heavy atom. The van der Waals surface area contributed by atoms with Crippen molar-refractivity contribution in [1.29, 1.82) is 0 Å². The van der Waals surface area contributed by atoms with Crippen LogP contribution >= 0.6 is 11.8 Å². The molecule has 1 unspecified atom stereocenters. The van der Waals surface area contributed by atoms with E-state index in [4.69, 9.17) is 0 Å². The van der Waals surface area contributed by atoms with Crippen molar-refractivity contribution in [2.75, 3.05) is 5.32 Å². The molecule has 5 nitrogen and oxygen atoms in total. The molecule has 1 N–H and O–H groups in total. The van der Waals surface area contributed by atoms with E-state index in [2.05, 4.69) is 20.5 Å². The third-order valence-electron chi connectivity index (χ3n) is 3.45. The Kier molecular flexibility index (Phi) is 5.36. The second-order valence-electron chi connectivity index (χ2n) is 5.35. The summed E-state index contributed by atoms with van der Waals surface area (Å²) >= 11 is 0.368. The highest BCUT2D eigenvalue weighted by molar-refractivity contribution is 8.15. The number of aromatic nitrogens is 1. The number of nitrogens with zero attached hydrogens (tertiary/aromatic N) is 3. The van der Waals surface area contributed by atoms with Gasteiger partial charge < -0.3 is 5.32 Å². The summed E-state index contributed by atoms with van der Waals surface area (Å²) < 4.78 is 40.1. The zero-order valence-corrected chi connectivity index (χ0v) is 14.1. The molecule has 0 aliphatic carbocycles. The largest absolute Gasteiger partial charge is 0.409 e. The minimum Gasteiger partial charge on any atom is -0.325 e. The van der Waals surface area contributed by atoms with Crippen molar-refractivity contribution in [3.8, 4) is 0 Å². The molecule has 0 saturated carbocycles. The molecule has 1 aromatic heterocycles. The van der Waals surface area contributed by atoms with E-state index in [1.54, 1.807) is 42.7 Å². The van der Waals surface area contributed by atoms with Crippen LogP contribution in [0.2, 0.25) is 0 Å². The monoisotopic (exact) mass is 378 g/mol. The van der Waals surface area contributed by atoms with E-state index < -0.39 is 17.3 Å². The second-order valence-corrected chi connectivity index (χ2v) is 6.53. The van der Waals surface area contributed by atoms with E-state index in [1.807, 2.05) is 0 Å². The molecule has 0 fully saturated rings. The van der Waals surface area contributed by atoms with Gasteiger partial charge in [-0.25, -0.2) is 0 Å². The first kappa shape index (κ1) is 18.1. The second kappa shape index (κ2) is 7.69. The van der Waals surface area contributed by atoms with E-state index in [9.17, 15) is 18.0 Å². The Labute approximate surface area is 151 Å². The third-order valence-corrected chi connectivity index (χ3v) is 4.66. The molecule has 134 valence electrons. The van der Waals surface area contributed by atoms with Gasteiger partial charge in [0.2, 0.25) is 5.91 Å². The van der Waals surface area contributed by atoms with Crippen molar-refractivity contribution in [3.63, 3.8) is 0 Å². The predicted octanol–water partition coefficient (Wildman–Crippen LogP) is 3.89. The number of rotatable bonds is 4. The summed E-state index contributed by atoms with van der Waals surface area (Å²) in [6.45, 7) is 0. The number of amides is 1. The topological polar surface area (TPSA) is 66.7 Å². The van der Waals surface area contributed by atoms with Crippen LogP contribution in [-0.2, 0) is 4.79 Å². The fraction of sp³-hybridized carbons (Fsp3) is 0.176. The van der Waals surface area contributed by atoms with E-state index in [0.717, 1.165) is 5.56 Å². The molecule has 1 aromatic carbocycles. The molecule has 9 heteroatoms. The van der Waals surface area contributed by atoms with Crippen LogP contribution < -0.4 is 5.32 Å². The Morgan fingerprint density at radius 3 is 2.42 bits per heavy atom. The van der Waals surface area contributed by atoms with Crippen LogP contribution in [0.25, 0.3) is 0 Å². The zero-order chi connectivity index (χ0) is 18.6. The van der Waals surface area contributed by atoms with Crippen molar-refractivity contribution >= 4 is 34.1 Å². The molecule has 0 spiro atoms. The van der Waals surface area contributed by atoms with Gasteiger partial charge in [-0.1, -0.05) is 30.0 Å². The van der Waals surface area contributed by atoms with Gasteiger partial charge in [0.25, 0.3) is 0 Å². The van der Waals surface area contributed by atoms with Gasteiger partial charge in [-0.2, -0.15) is 18.3 Å². The highest BCUT2D eigenvalue weighted by Crippen LogP contribution is 2.34. The number of alkyl halides is 3. The molecule has 1 amide bonds. The van der Waals surface area contributed by atoms with E-state index in [1.165, 1.54) is 12.1 Å². The Bertz CT molecular complexity index is 838. The van der Waals surface area contributed by atoms with Gasteiger partial charge in [0, 0.05) is 30.1 Å². The number of carbonyl (C=O) groups is 1. The predicted molar refractivity (Wildman–Crippen MR) is 95.3 cm³/mol. The first-order valence-electron chi connectivity index (χ1n) is 7.56. The van der Waals surface area contributed by atoms with E-state index >= 15 is 0 Å². The third kappa shape index (κ3) is 4.48. The molecule has 1 aliphatic heterocycles. The summed E-state index contributed by atoms with van der Waals surface area (Å²) in [6, 6.07) is 11.4. The minimum absolute atomic E-state index is 0.139. The number of halogens is 3. The van der Waals surface area contributed by atoms with Gasteiger partial charge in [-0.15, -0.1) is 5.10 Å². The normalized spacial score (nSPS) is 15.2. The van der Waals surface area contributed by atoms with Crippen LogP contribution in [0.15, 0.2) is 65.1 Å². The fourth-order valence-electron chi connectivity index (χ4n) is 2.23. The van der Waals surface area contributed by atoms with E-state index in [-0.39, 0.29) is 11.5 Å². The number of benzene rings is 1. The summed E-state index contributed by atoms with van der Waals surface area (Å²) in [5, 5.41) is 7.88. The van der Waals surface area contributed by atoms with Gasteiger partial charge in [-0.05, 0) is 24.3 Å². The molecule has 2 heterocycles. The van der Waals surface area contributed by atoms with Gasteiger partial charge in [0.15, 0.2) is 5.25 Å². The molecule has 1 atom stereocenters. The van der Waals surface area contributed by atoms with Crippen molar-refractivity contribution < 1.29 is 18.0 Å². The van der Waals surface area contributed by atoms with Crippen molar-refractivity contribution in [2.45, 2.75) is 17.8 Å². The lowest BCUT2D eigenvalue weighted by atomic mass is 10.1. The molecule has 26 heavy (non-hydrogen) atoms. The summed E-state index contributed by atoms with van der Waals surface area (Å²) in [7, 11) is 0.